The van der Waals surface area contributed by atoms with E-state index in [1.54, 1.807) is 12.3 Å². The molecular formula is C17H18F3N5O. The van der Waals surface area contributed by atoms with Crippen molar-refractivity contribution in [3.05, 3.63) is 47.5 Å². The Hall–Kier alpha value is -2.71. The number of carbonyl (C=O) groups is 1. The van der Waals surface area contributed by atoms with Crippen LogP contribution in [0.3, 0.4) is 0 Å². The van der Waals surface area contributed by atoms with E-state index < -0.39 is 17.8 Å². The van der Waals surface area contributed by atoms with Crippen LogP contribution in [0.4, 0.5) is 19.1 Å². The second kappa shape index (κ2) is 7.67. The summed E-state index contributed by atoms with van der Waals surface area (Å²) in [6.45, 7) is 1.98. The summed E-state index contributed by atoms with van der Waals surface area (Å²) in [7, 11) is 0. The molecule has 1 N–H and O–H groups in total. The third-order valence-corrected chi connectivity index (χ3v) is 4.09. The zero-order valence-electron chi connectivity index (χ0n) is 14.0. The number of pyridine rings is 1. The molecule has 0 atom stereocenters. The van der Waals surface area contributed by atoms with Crippen molar-refractivity contribution in [1.82, 2.24) is 20.3 Å². The molecule has 6 nitrogen and oxygen atoms in total. The molecule has 2 aromatic rings. The van der Waals surface area contributed by atoms with E-state index in [-0.39, 0.29) is 12.1 Å². The lowest BCUT2D eigenvalue weighted by Gasteiger charge is -2.26. The second-order valence-corrected chi connectivity index (χ2v) is 6.01. The van der Waals surface area contributed by atoms with Gasteiger partial charge >= 0.3 is 6.18 Å². The Balaban J connectivity index is 1.60. The number of nitrogens with zero attached hydrogens (tertiary/aromatic N) is 4. The number of carbonyl (C=O) groups excluding carboxylic acids is 1. The van der Waals surface area contributed by atoms with Crippen LogP contribution in [0.1, 0.15) is 41.0 Å². The Labute approximate surface area is 148 Å². The van der Waals surface area contributed by atoms with Crippen LogP contribution in [0.2, 0.25) is 0 Å². The van der Waals surface area contributed by atoms with Gasteiger partial charge in [0.15, 0.2) is 0 Å². The molecular weight excluding hydrogens is 347 g/mol. The molecule has 1 fully saturated rings. The molecule has 1 aliphatic rings. The SMILES string of the molecule is O=C(NCc1ccnc(N2CCCCC2)n1)c1ccc(C(F)(F)F)nc1. The number of aromatic nitrogens is 3. The lowest BCUT2D eigenvalue weighted by molar-refractivity contribution is -0.141. The maximum absolute atomic E-state index is 12.5. The summed E-state index contributed by atoms with van der Waals surface area (Å²) in [6, 6.07) is 3.58. The van der Waals surface area contributed by atoms with Gasteiger partial charge in [-0.15, -0.1) is 0 Å². The van der Waals surface area contributed by atoms with Gasteiger partial charge in [-0.1, -0.05) is 0 Å². The first-order valence-electron chi connectivity index (χ1n) is 8.32. The molecule has 9 heteroatoms. The van der Waals surface area contributed by atoms with Gasteiger partial charge in [-0.2, -0.15) is 13.2 Å². The first-order chi connectivity index (χ1) is 12.4. The van der Waals surface area contributed by atoms with Crippen molar-refractivity contribution in [3.8, 4) is 0 Å². The van der Waals surface area contributed by atoms with Crippen molar-refractivity contribution in [2.75, 3.05) is 18.0 Å². The fourth-order valence-corrected chi connectivity index (χ4v) is 2.70. The molecule has 138 valence electrons. The predicted octanol–water partition coefficient (Wildman–Crippen LogP) is 2.81. The first kappa shape index (κ1) is 18.1. The highest BCUT2D eigenvalue weighted by Crippen LogP contribution is 2.27. The van der Waals surface area contributed by atoms with Gasteiger partial charge in [-0.25, -0.2) is 9.97 Å². The summed E-state index contributed by atoms with van der Waals surface area (Å²) in [5, 5.41) is 2.63. The van der Waals surface area contributed by atoms with Gasteiger partial charge in [0.05, 0.1) is 17.8 Å². The number of amides is 1. The van der Waals surface area contributed by atoms with Crippen molar-refractivity contribution in [3.63, 3.8) is 0 Å². The molecule has 26 heavy (non-hydrogen) atoms. The standard InChI is InChI=1S/C17H18F3N5O/c18-17(19,20)14-5-4-12(10-22-14)15(26)23-11-13-6-7-21-16(24-13)25-8-2-1-3-9-25/h4-7,10H,1-3,8-9,11H2,(H,23,26). The monoisotopic (exact) mass is 365 g/mol. The molecule has 1 amide bonds. The molecule has 0 aliphatic carbocycles. The number of alkyl halides is 3. The van der Waals surface area contributed by atoms with Gasteiger partial charge in [0, 0.05) is 25.5 Å². The van der Waals surface area contributed by atoms with Crippen molar-refractivity contribution >= 4 is 11.9 Å². The van der Waals surface area contributed by atoms with E-state index in [2.05, 4.69) is 25.2 Å². The van der Waals surface area contributed by atoms with Crippen LogP contribution in [-0.4, -0.2) is 33.9 Å². The van der Waals surface area contributed by atoms with Gasteiger partial charge < -0.3 is 10.2 Å². The predicted molar refractivity (Wildman–Crippen MR) is 88.5 cm³/mol. The number of halogens is 3. The molecule has 0 unspecified atom stereocenters. The van der Waals surface area contributed by atoms with E-state index in [0.717, 1.165) is 44.3 Å². The summed E-state index contributed by atoms with van der Waals surface area (Å²) in [5.74, 6) is 0.122. The number of hydrogen-bond donors (Lipinski definition) is 1. The third kappa shape index (κ3) is 4.47. The summed E-state index contributed by atoms with van der Waals surface area (Å²) >= 11 is 0. The van der Waals surface area contributed by atoms with Gasteiger partial charge in [-0.3, -0.25) is 9.78 Å². The maximum atomic E-state index is 12.5. The highest BCUT2D eigenvalue weighted by Gasteiger charge is 2.32. The Kier molecular flexibility index (Phi) is 5.34. The maximum Gasteiger partial charge on any atom is 0.433 e. The number of piperidine rings is 1. The zero-order valence-corrected chi connectivity index (χ0v) is 14.0. The molecule has 0 aromatic carbocycles. The van der Waals surface area contributed by atoms with Gasteiger partial charge in [-0.05, 0) is 37.5 Å². The minimum absolute atomic E-state index is 0.0586. The van der Waals surface area contributed by atoms with E-state index in [1.807, 2.05) is 0 Å². The van der Waals surface area contributed by atoms with Gasteiger partial charge in [0.25, 0.3) is 5.91 Å². The van der Waals surface area contributed by atoms with Crippen LogP contribution in [0.25, 0.3) is 0 Å². The lowest BCUT2D eigenvalue weighted by atomic mass is 10.1. The summed E-state index contributed by atoms with van der Waals surface area (Å²) in [6.07, 6.45) is 1.43. The Morgan fingerprint density at radius 3 is 2.54 bits per heavy atom. The zero-order chi connectivity index (χ0) is 18.6. The minimum Gasteiger partial charge on any atom is -0.346 e. The van der Waals surface area contributed by atoms with Crippen molar-refractivity contribution in [2.45, 2.75) is 32.0 Å². The highest BCUT2D eigenvalue weighted by atomic mass is 19.4. The molecule has 0 bridgehead atoms. The normalized spacial score (nSPS) is 15.0. The van der Waals surface area contributed by atoms with E-state index in [0.29, 0.717) is 11.6 Å². The second-order valence-electron chi connectivity index (χ2n) is 6.01. The highest BCUT2D eigenvalue weighted by molar-refractivity contribution is 5.93. The molecule has 3 heterocycles. The first-order valence-corrected chi connectivity index (χ1v) is 8.32. The Morgan fingerprint density at radius 2 is 1.88 bits per heavy atom. The summed E-state index contributed by atoms with van der Waals surface area (Å²) < 4.78 is 37.5. The van der Waals surface area contributed by atoms with Crippen LogP contribution in [0.5, 0.6) is 0 Å². The van der Waals surface area contributed by atoms with Crippen LogP contribution < -0.4 is 10.2 Å². The van der Waals surface area contributed by atoms with E-state index in [9.17, 15) is 18.0 Å². The van der Waals surface area contributed by atoms with Gasteiger partial charge in [0.2, 0.25) is 5.95 Å². The average molecular weight is 365 g/mol. The van der Waals surface area contributed by atoms with E-state index in [4.69, 9.17) is 0 Å². The fourth-order valence-electron chi connectivity index (χ4n) is 2.70. The number of nitrogens with one attached hydrogen (secondary N) is 1. The quantitative estimate of drug-likeness (QED) is 0.902. The number of rotatable bonds is 4. The Morgan fingerprint density at radius 1 is 1.12 bits per heavy atom. The molecule has 1 saturated heterocycles. The lowest BCUT2D eigenvalue weighted by Crippen LogP contribution is -2.31. The van der Waals surface area contributed by atoms with Crippen LogP contribution in [0, 0.1) is 0 Å². The molecule has 0 spiro atoms. The summed E-state index contributed by atoms with van der Waals surface area (Å²) in [4.78, 5) is 26.2. The number of hydrogen-bond acceptors (Lipinski definition) is 5. The minimum atomic E-state index is -4.53. The third-order valence-electron chi connectivity index (χ3n) is 4.09. The van der Waals surface area contributed by atoms with E-state index >= 15 is 0 Å². The van der Waals surface area contributed by atoms with Crippen molar-refractivity contribution in [2.24, 2.45) is 0 Å². The molecule has 2 aromatic heterocycles. The van der Waals surface area contributed by atoms with Crippen LogP contribution in [-0.2, 0) is 12.7 Å². The fraction of sp³-hybridized carbons (Fsp3) is 0.412. The summed E-state index contributed by atoms with van der Waals surface area (Å²) in [5.41, 5.74) is -0.340. The van der Waals surface area contributed by atoms with Crippen LogP contribution >= 0.6 is 0 Å². The molecule has 0 saturated carbocycles. The van der Waals surface area contributed by atoms with Gasteiger partial charge in [0.1, 0.15) is 5.69 Å². The van der Waals surface area contributed by atoms with Crippen molar-refractivity contribution in [1.29, 1.82) is 0 Å². The smallest absolute Gasteiger partial charge is 0.346 e. The topological polar surface area (TPSA) is 71.0 Å². The molecule has 1 aliphatic heterocycles. The molecule has 3 rings (SSSR count). The molecule has 0 radical (unpaired) electrons. The average Bonchev–Trinajstić information content (AvgIpc) is 2.66. The van der Waals surface area contributed by atoms with Crippen molar-refractivity contribution < 1.29 is 18.0 Å². The van der Waals surface area contributed by atoms with Crippen LogP contribution in [0.15, 0.2) is 30.6 Å². The van der Waals surface area contributed by atoms with E-state index in [1.165, 1.54) is 6.42 Å². The largest absolute Gasteiger partial charge is 0.433 e. The number of anilines is 1. The Bertz CT molecular complexity index is 758.